The summed E-state index contributed by atoms with van der Waals surface area (Å²) in [5, 5.41) is 3.00. The predicted octanol–water partition coefficient (Wildman–Crippen LogP) is 2.22. The molecule has 0 spiro atoms. The maximum absolute atomic E-state index is 11.8. The number of nitrogens with one attached hydrogen (secondary N) is 1. The number of benzene rings is 1. The molecule has 22 heavy (non-hydrogen) atoms. The van der Waals surface area contributed by atoms with E-state index in [0.29, 0.717) is 24.6 Å². The van der Waals surface area contributed by atoms with Crippen LogP contribution in [0.15, 0.2) is 30.3 Å². The van der Waals surface area contributed by atoms with Crippen molar-refractivity contribution in [3.05, 3.63) is 35.9 Å². The molecule has 0 radical (unpaired) electrons. The van der Waals surface area contributed by atoms with Crippen molar-refractivity contribution in [2.24, 2.45) is 0 Å². The van der Waals surface area contributed by atoms with E-state index >= 15 is 0 Å². The Bertz CT molecular complexity index is 587. The number of hydrogen-bond donors (Lipinski definition) is 1. The molecule has 1 fully saturated rings. The van der Waals surface area contributed by atoms with E-state index in [0.717, 1.165) is 6.42 Å². The van der Waals surface area contributed by atoms with Crippen LogP contribution in [0.5, 0.6) is 0 Å². The van der Waals surface area contributed by atoms with Crippen molar-refractivity contribution < 1.29 is 13.2 Å². The van der Waals surface area contributed by atoms with E-state index in [4.69, 9.17) is 0 Å². The summed E-state index contributed by atoms with van der Waals surface area (Å²) in [5.41, 5.74) is 1.28. The van der Waals surface area contributed by atoms with Gasteiger partial charge in [0.05, 0.1) is 17.3 Å². The minimum Gasteiger partial charge on any atom is -0.355 e. The van der Waals surface area contributed by atoms with Crippen molar-refractivity contribution in [2.45, 2.75) is 30.9 Å². The van der Waals surface area contributed by atoms with E-state index in [-0.39, 0.29) is 22.7 Å². The van der Waals surface area contributed by atoms with Crippen LogP contribution in [0.25, 0.3) is 0 Å². The number of hydrogen-bond acceptors (Lipinski definition) is 4. The molecular formula is C16H23NO3S2. The molecule has 2 rings (SSSR count). The summed E-state index contributed by atoms with van der Waals surface area (Å²) >= 11 is 1.46. The molecule has 1 saturated heterocycles. The van der Waals surface area contributed by atoms with Crippen molar-refractivity contribution in [3.63, 3.8) is 0 Å². The lowest BCUT2D eigenvalue weighted by molar-refractivity contribution is -0.118. The fraction of sp³-hybridized carbons (Fsp3) is 0.562. The first-order chi connectivity index (χ1) is 10.5. The molecule has 1 amide bonds. The van der Waals surface area contributed by atoms with Crippen LogP contribution in [-0.4, -0.2) is 43.4 Å². The van der Waals surface area contributed by atoms with Crippen LogP contribution >= 0.6 is 11.8 Å². The molecule has 1 aromatic carbocycles. The van der Waals surface area contributed by atoms with Crippen LogP contribution in [0.4, 0.5) is 0 Å². The highest BCUT2D eigenvalue weighted by atomic mass is 32.2. The molecule has 122 valence electrons. The Kier molecular flexibility index (Phi) is 6.32. The minimum absolute atomic E-state index is 0.00504. The molecule has 6 heteroatoms. The van der Waals surface area contributed by atoms with Gasteiger partial charge in [-0.3, -0.25) is 4.79 Å². The van der Waals surface area contributed by atoms with Crippen molar-refractivity contribution in [1.29, 1.82) is 0 Å². The molecule has 4 nitrogen and oxygen atoms in total. The zero-order valence-electron chi connectivity index (χ0n) is 12.8. The Hall–Kier alpha value is -1.01. The molecule has 1 aliphatic rings. The maximum Gasteiger partial charge on any atom is 0.230 e. The Balaban J connectivity index is 1.62. The smallest absolute Gasteiger partial charge is 0.230 e. The Morgan fingerprint density at radius 1 is 1.36 bits per heavy atom. The maximum atomic E-state index is 11.8. The Labute approximate surface area is 137 Å². The van der Waals surface area contributed by atoms with Gasteiger partial charge in [-0.1, -0.05) is 37.3 Å². The molecule has 0 aromatic heterocycles. The van der Waals surface area contributed by atoms with Gasteiger partial charge in [0.15, 0.2) is 9.84 Å². The van der Waals surface area contributed by atoms with E-state index in [1.54, 1.807) is 0 Å². The number of amides is 1. The molecule has 2 unspecified atom stereocenters. The fourth-order valence-corrected chi connectivity index (χ4v) is 5.99. The van der Waals surface area contributed by atoms with Gasteiger partial charge in [-0.2, -0.15) is 0 Å². The molecule has 1 aliphatic heterocycles. The van der Waals surface area contributed by atoms with E-state index in [1.807, 2.05) is 18.2 Å². The second-order valence-electron chi connectivity index (χ2n) is 5.79. The molecule has 1 heterocycles. The summed E-state index contributed by atoms with van der Waals surface area (Å²) in [7, 11) is -2.85. The van der Waals surface area contributed by atoms with Crippen molar-refractivity contribution in [2.75, 3.05) is 23.8 Å². The van der Waals surface area contributed by atoms with E-state index in [2.05, 4.69) is 24.4 Å². The summed E-state index contributed by atoms with van der Waals surface area (Å²) < 4.78 is 22.7. The van der Waals surface area contributed by atoms with Gasteiger partial charge in [-0.05, 0) is 24.3 Å². The molecule has 2 atom stereocenters. The lowest BCUT2D eigenvalue weighted by atomic mass is 9.98. The molecule has 1 N–H and O–H groups in total. The fourth-order valence-electron chi connectivity index (χ4n) is 2.51. The first-order valence-electron chi connectivity index (χ1n) is 7.60. The van der Waals surface area contributed by atoms with E-state index in [1.165, 1.54) is 17.3 Å². The van der Waals surface area contributed by atoms with Crippen LogP contribution in [-0.2, 0) is 14.6 Å². The third-order valence-corrected chi connectivity index (χ3v) is 7.19. The largest absolute Gasteiger partial charge is 0.355 e. The lowest BCUT2D eigenvalue weighted by Gasteiger charge is -2.13. The van der Waals surface area contributed by atoms with E-state index in [9.17, 15) is 13.2 Å². The second-order valence-corrected chi connectivity index (χ2v) is 9.30. The SMILES string of the molecule is CC(CCNC(=O)CSC1CCS(=O)(=O)C1)c1ccccc1. The third-order valence-electron chi connectivity index (χ3n) is 3.91. The summed E-state index contributed by atoms with van der Waals surface area (Å²) in [6.45, 7) is 2.80. The summed E-state index contributed by atoms with van der Waals surface area (Å²) in [6.07, 6.45) is 1.57. The highest BCUT2D eigenvalue weighted by Gasteiger charge is 2.28. The van der Waals surface area contributed by atoms with Crippen LogP contribution in [0.1, 0.15) is 31.2 Å². The van der Waals surface area contributed by atoms with Crippen molar-refractivity contribution in [1.82, 2.24) is 5.32 Å². The minimum atomic E-state index is -2.85. The zero-order valence-corrected chi connectivity index (χ0v) is 14.5. The molecular weight excluding hydrogens is 318 g/mol. The highest BCUT2D eigenvalue weighted by Crippen LogP contribution is 2.24. The van der Waals surface area contributed by atoms with Gasteiger partial charge in [-0.15, -0.1) is 11.8 Å². The second kappa shape index (κ2) is 8.02. The van der Waals surface area contributed by atoms with Crippen LogP contribution in [0.3, 0.4) is 0 Å². The first kappa shape index (κ1) is 17.3. The third kappa shape index (κ3) is 5.65. The van der Waals surface area contributed by atoms with Crippen LogP contribution in [0, 0.1) is 0 Å². The van der Waals surface area contributed by atoms with Gasteiger partial charge < -0.3 is 5.32 Å². The number of carbonyl (C=O) groups is 1. The monoisotopic (exact) mass is 341 g/mol. The summed E-state index contributed by atoms with van der Waals surface area (Å²) in [5.74, 6) is 1.24. The lowest BCUT2D eigenvalue weighted by Crippen LogP contribution is -2.27. The van der Waals surface area contributed by atoms with E-state index < -0.39 is 9.84 Å². The summed E-state index contributed by atoms with van der Waals surface area (Å²) in [6, 6.07) is 10.2. The average Bonchev–Trinajstić information content (AvgIpc) is 2.85. The number of carbonyl (C=O) groups excluding carboxylic acids is 1. The number of thioether (sulfide) groups is 1. The molecule has 0 saturated carbocycles. The van der Waals surface area contributed by atoms with Crippen LogP contribution in [0.2, 0.25) is 0 Å². The van der Waals surface area contributed by atoms with Crippen molar-refractivity contribution in [3.8, 4) is 0 Å². The Morgan fingerprint density at radius 2 is 2.09 bits per heavy atom. The standard InChI is InChI=1S/C16H23NO3S2/c1-13(14-5-3-2-4-6-14)7-9-17-16(18)11-21-15-8-10-22(19,20)12-15/h2-6,13,15H,7-12H2,1H3,(H,17,18). The quantitative estimate of drug-likeness (QED) is 0.826. The van der Waals surface area contributed by atoms with Gasteiger partial charge in [0, 0.05) is 11.8 Å². The normalized spacial score (nSPS) is 21.4. The van der Waals surface area contributed by atoms with Gasteiger partial charge in [0.1, 0.15) is 0 Å². The van der Waals surface area contributed by atoms with Crippen LogP contribution < -0.4 is 5.32 Å². The molecule has 1 aromatic rings. The van der Waals surface area contributed by atoms with Gasteiger partial charge in [-0.25, -0.2) is 8.42 Å². The molecule has 0 bridgehead atoms. The number of rotatable bonds is 7. The zero-order chi connectivity index (χ0) is 16.0. The van der Waals surface area contributed by atoms with Gasteiger partial charge in [0.2, 0.25) is 5.91 Å². The van der Waals surface area contributed by atoms with Gasteiger partial charge >= 0.3 is 0 Å². The average molecular weight is 341 g/mol. The van der Waals surface area contributed by atoms with Gasteiger partial charge in [0.25, 0.3) is 0 Å². The molecule has 0 aliphatic carbocycles. The highest BCUT2D eigenvalue weighted by molar-refractivity contribution is 8.02. The summed E-state index contributed by atoms with van der Waals surface area (Å²) in [4.78, 5) is 11.8. The number of sulfone groups is 1. The van der Waals surface area contributed by atoms with Crippen molar-refractivity contribution >= 4 is 27.5 Å². The Morgan fingerprint density at radius 3 is 2.73 bits per heavy atom. The topological polar surface area (TPSA) is 63.2 Å². The predicted molar refractivity (Wildman–Crippen MR) is 92.0 cm³/mol. The first-order valence-corrected chi connectivity index (χ1v) is 10.5.